The molecule has 1 aromatic carbocycles. The van der Waals surface area contributed by atoms with E-state index in [0.717, 1.165) is 29.3 Å². The monoisotopic (exact) mass is 273 g/mol. The summed E-state index contributed by atoms with van der Waals surface area (Å²) in [7, 11) is 0. The molecule has 0 spiro atoms. The number of aromatic nitrogens is 2. The van der Waals surface area contributed by atoms with E-state index in [1.54, 1.807) is 12.4 Å². The van der Waals surface area contributed by atoms with Crippen molar-refractivity contribution in [1.82, 2.24) is 15.3 Å². The molecule has 0 bridgehead atoms. The van der Waals surface area contributed by atoms with Crippen LogP contribution in [0.1, 0.15) is 16.8 Å². The zero-order valence-corrected chi connectivity index (χ0v) is 11.2. The molecule has 0 saturated carbocycles. The second-order valence-electron chi connectivity index (χ2n) is 4.52. The van der Waals surface area contributed by atoms with Crippen LogP contribution in [0.4, 0.5) is 0 Å². The molecule has 3 rings (SSSR count). The van der Waals surface area contributed by atoms with Gasteiger partial charge in [-0.2, -0.15) is 11.8 Å². The van der Waals surface area contributed by atoms with Crippen LogP contribution >= 0.6 is 11.8 Å². The molecular weight excluding hydrogens is 258 g/mol. The zero-order valence-electron chi connectivity index (χ0n) is 10.4. The molecule has 19 heavy (non-hydrogen) atoms. The molecule has 0 aliphatic carbocycles. The minimum Gasteiger partial charge on any atom is -0.348 e. The van der Waals surface area contributed by atoms with Crippen LogP contribution < -0.4 is 5.32 Å². The number of H-pyrrole nitrogens is 1. The van der Waals surface area contributed by atoms with E-state index in [9.17, 15) is 4.79 Å². The molecule has 1 fully saturated rings. The maximum atomic E-state index is 12.4. The maximum Gasteiger partial charge on any atom is 0.252 e. The summed E-state index contributed by atoms with van der Waals surface area (Å²) < 4.78 is 0. The Morgan fingerprint density at radius 3 is 3.05 bits per heavy atom. The Morgan fingerprint density at radius 1 is 1.42 bits per heavy atom. The summed E-state index contributed by atoms with van der Waals surface area (Å²) in [5, 5.41) is 3.10. The largest absolute Gasteiger partial charge is 0.348 e. The number of carbonyl (C=O) groups excluding carboxylic acids is 1. The summed E-state index contributed by atoms with van der Waals surface area (Å²) in [6, 6.07) is 7.85. The number of nitrogens with one attached hydrogen (secondary N) is 2. The van der Waals surface area contributed by atoms with Gasteiger partial charge in [-0.25, -0.2) is 4.98 Å². The van der Waals surface area contributed by atoms with Gasteiger partial charge in [0.15, 0.2) is 0 Å². The van der Waals surface area contributed by atoms with Crippen molar-refractivity contribution < 1.29 is 4.79 Å². The highest BCUT2D eigenvalue weighted by Crippen LogP contribution is 2.21. The normalized spacial score (nSPS) is 18.4. The average molecular weight is 273 g/mol. The molecule has 1 unspecified atom stereocenters. The van der Waals surface area contributed by atoms with Gasteiger partial charge in [0.25, 0.3) is 5.91 Å². The summed E-state index contributed by atoms with van der Waals surface area (Å²) in [5.41, 5.74) is 1.52. The molecule has 1 atom stereocenters. The van der Waals surface area contributed by atoms with Gasteiger partial charge < -0.3 is 10.3 Å². The van der Waals surface area contributed by atoms with Gasteiger partial charge in [0.05, 0.1) is 5.56 Å². The van der Waals surface area contributed by atoms with Crippen LogP contribution in [0.25, 0.3) is 11.4 Å². The predicted molar refractivity (Wildman–Crippen MR) is 77.2 cm³/mol. The van der Waals surface area contributed by atoms with Crippen molar-refractivity contribution in [1.29, 1.82) is 0 Å². The number of amides is 1. The Bertz CT molecular complexity index is 562. The molecule has 98 valence electrons. The lowest BCUT2D eigenvalue weighted by molar-refractivity contribution is 0.0942. The lowest BCUT2D eigenvalue weighted by atomic mass is 10.1. The van der Waals surface area contributed by atoms with Gasteiger partial charge in [0, 0.05) is 29.8 Å². The van der Waals surface area contributed by atoms with Crippen molar-refractivity contribution in [3.63, 3.8) is 0 Å². The van der Waals surface area contributed by atoms with Crippen molar-refractivity contribution in [2.75, 3.05) is 11.5 Å². The zero-order chi connectivity index (χ0) is 13.1. The Morgan fingerprint density at radius 2 is 2.32 bits per heavy atom. The lowest BCUT2D eigenvalue weighted by Crippen LogP contribution is -2.34. The lowest BCUT2D eigenvalue weighted by Gasteiger charge is -2.13. The quantitative estimate of drug-likeness (QED) is 0.902. The summed E-state index contributed by atoms with van der Waals surface area (Å²) in [6.45, 7) is 0. The van der Waals surface area contributed by atoms with E-state index >= 15 is 0 Å². The fourth-order valence-corrected chi connectivity index (χ4v) is 3.36. The van der Waals surface area contributed by atoms with Crippen molar-refractivity contribution in [3.8, 4) is 11.4 Å². The first-order chi connectivity index (χ1) is 9.34. The SMILES string of the molecule is O=C(NC1CCSC1)c1ccccc1-c1ncc[nH]1. The third kappa shape index (κ3) is 2.66. The molecule has 4 nitrogen and oxygen atoms in total. The van der Waals surface area contributed by atoms with Gasteiger partial charge in [-0.05, 0) is 18.2 Å². The van der Waals surface area contributed by atoms with Crippen LogP contribution in [-0.4, -0.2) is 33.4 Å². The number of imidazole rings is 1. The van der Waals surface area contributed by atoms with Gasteiger partial charge in [-0.3, -0.25) is 4.79 Å². The fraction of sp³-hybridized carbons (Fsp3) is 0.286. The first-order valence-electron chi connectivity index (χ1n) is 6.32. The van der Waals surface area contributed by atoms with E-state index < -0.39 is 0 Å². The van der Waals surface area contributed by atoms with Crippen molar-refractivity contribution in [2.45, 2.75) is 12.5 Å². The third-order valence-corrected chi connectivity index (χ3v) is 4.35. The predicted octanol–water partition coefficient (Wildman–Crippen LogP) is 2.31. The molecule has 2 aromatic rings. The minimum atomic E-state index is -0.0144. The Kier molecular flexibility index (Phi) is 3.55. The second-order valence-corrected chi connectivity index (χ2v) is 5.67. The molecule has 1 saturated heterocycles. The van der Waals surface area contributed by atoms with Gasteiger partial charge in [-0.1, -0.05) is 18.2 Å². The van der Waals surface area contributed by atoms with E-state index in [1.807, 2.05) is 36.0 Å². The molecule has 2 heterocycles. The number of hydrogen-bond donors (Lipinski definition) is 2. The van der Waals surface area contributed by atoms with E-state index in [0.29, 0.717) is 11.6 Å². The number of hydrogen-bond acceptors (Lipinski definition) is 3. The van der Waals surface area contributed by atoms with Crippen LogP contribution in [-0.2, 0) is 0 Å². The number of nitrogens with zero attached hydrogens (tertiary/aromatic N) is 1. The topological polar surface area (TPSA) is 57.8 Å². The molecule has 1 aliphatic heterocycles. The summed E-state index contributed by atoms with van der Waals surface area (Å²) >= 11 is 1.89. The minimum absolute atomic E-state index is 0.0144. The first kappa shape index (κ1) is 12.3. The molecule has 2 N–H and O–H groups in total. The van der Waals surface area contributed by atoms with E-state index in [4.69, 9.17) is 0 Å². The molecular formula is C14H15N3OS. The van der Waals surface area contributed by atoms with Crippen LogP contribution in [0.2, 0.25) is 0 Å². The van der Waals surface area contributed by atoms with Crippen molar-refractivity contribution in [2.24, 2.45) is 0 Å². The maximum absolute atomic E-state index is 12.4. The number of aromatic amines is 1. The molecule has 1 aliphatic rings. The highest BCUT2D eigenvalue weighted by atomic mass is 32.2. The number of thioether (sulfide) groups is 1. The van der Waals surface area contributed by atoms with Gasteiger partial charge in [0.1, 0.15) is 5.82 Å². The molecule has 1 aromatic heterocycles. The number of rotatable bonds is 3. The van der Waals surface area contributed by atoms with Gasteiger partial charge in [-0.15, -0.1) is 0 Å². The second kappa shape index (κ2) is 5.48. The van der Waals surface area contributed by atoms with Crippen LogP contribution in [0.5, 0.6) is 0 Å². The molecule has 0 radical (unpaired) electrons. The number of benzene rings is 1. The molecule has 1 amide bonds. The number of carbonyl (C=O) groups is 1. The Labute approximate surface area is 116 Å². The summed E-state index contributed by atoms with van der Waals surface area (Å²) in [5.74, 6) is 2.85. The Hall–Kier alpha value is -1.75. The van der Waals surface area contributed by atoms with E-state index in [2.05, 4.69) is 15.3 Å². The fourth-order valence-electron chi connectivity index (χ4n) is 2.21. The summed E-state index contributed by atoms with van der Waals surface area (Å²) in [6.07, 6.45) is 4.51. The van der Waals surface area contributed by atoms with Crippen LogP contribution in [0.15, 0.2) is 36.7 Å². The van der Waals surface area contributed by atoms with Crippen molar-refractivity contribution in [3.05, 3.63) is 42.2 Å². The molecule has 5 heteroatoms. The Balaban J connectivity index is 1.85. The highest BCUT2D eigenvalue weighted by molar-refractivity contribution is 7.99. The van der Waals surface area contributed by atoms with Gasteiger partial charge >= 0.3 is 0 Å². The van der Waals surface area contributed by atoms with Crippen molar-refractivity contribution >= 4 is 17.7 Å². The third-order valence-electron chi connectivity index (χ3n) is 3.19. The van der Waals surface area contributed by atoms with E-state index in [1.165, 1.54) is 0 Å². The summed E-state index contributed by atoms with van der Waals surface area (Å²) in [4.78, 5) is 19.6. The van der Waals surface area contributed by atoms with Gasteiger partial charge in [0.2, 0.25) is 0 Å². The standard InChI is InChI=1S/C14H15N3OS/c18-14(17-10-5-8-19-9-10)12-4-2-1-3-11(12)13-15-6-7-16-13/h1-4,6-7,10H,5,8-9H2,(H,15,16)(H,17,18). The smallest absolute Gasteiger partial charge is 0.252 e. The van der Waals surface area contributed by atoms with E-state index in [-0.39, 0.29) is 5.91 Å². The van der Waals surface area contributed by atoms with Crippen LogP contribution in [0.3, 0.4) is 0 Å². The van der Waals surface area contributed by atoms with Crippen LogP contribution in [0, 0.1) is 0 Å². The first-order valence-corrected chi connectivity index (χ1v) is 7.47. The highest BCUT2D eigenvalue weighted by Gasteiger charge is 2.20. The average Bonchev–Trinajstić information content (AvgIpc) is 3.11.